The maximum absolute atomic E-state index is 12.0. The van der Waals surface area contributed by atoms with Crippen molar-refractivity contribution in [3.05, 3.63) is 11.6 Å². The van der Waals surface area contributed by atoms with Crippen LogP contribution in [0.25, 0.3) is 0 Å². The smallest absolute Gasteiger partial charge is 0.290 e. The highest BCUT2D eigenvalue weighted by Crippen LogP contribution is 2.16. The molecular formula is C14H25N5O. The third-order valence-corrected chi connectivity index (χ3v) is 3.96. The second-order valence-corrected chi connectivity index (χ2v) is 5.79. The molecule has 6 heteroatoms. The first kappa shape index (κ1) is 15.0. The Kier molecular flexibility index (Phi) is 5.11. The van der Waals surface area contributed by atoms with E-state index in [1.807, 2.05) is 13.8 Å². The highest BCUT2D eigenvalue weighted by molar-refractivity contribution is 5.90. The second-order valence-electron chi connectivity index (χ2n) is 5.79. The number of aromatic amines is 1. The van der Waals surface area contributed by atoms with Crippen LogP contribution in [0.2, 0.25) is 0 Å². The molecule has 6 nitrogen and oxygen atoms in total. The number of rotatable bonds is 5. The van der Waals surface area contributed by atoms with E-state index < -0.39 is 0 Å². The van der Waals surface area contributed by atoms with Gasteiger partial charge in [-0.05, 0) is 38.4 Å². The summed E-state index contributed by atoms with van der Waals surface area (Å²) in [5.74, 6) is 1.66. The molecule has 20 heavy (non-hydrogen) atoms. The zero-order valence-electron chi connectivity index (χ0n) is 12.6. The van der Waals surface area contributed by atoms with E-state index in [9.17, 15) is 4.79 Å². The third-order valence-electron chi connectivity index (χ3n) is 3.96. The zero-order chi connectivity index (χ0) is 14.5. The Morgan fingerprint density at radius 1 is 1.45 bits per heavy atom. The van der Waals surface area contributed by atoms with E-state index in [-0.39, 0.29) is 17.6 Å². The molecule has 1 saturated heterocycles. The van der Waals surface area contributed by atoms with Gasteiger partial charge in [-0.3, -0.25) is 9.89 Å². The minimum atomic E-state index is -0.175. The van der Waals surface area contributed by atoms with Crippen LogP contribution >= 0.6 is 0 Å². The van der Waals surface area contributed by atoms with E-state index in [1.54, 1.807) is 0 Å². The minimum absolute atomic E-state index is 0.175. The first-order valence-electron chi connectivity index (χ1n) is 7.53. The summed E-state index contributed by atoms with van der Waals surface area (Å²) in [6.45, 7) is 10.3. The van der Waals surface area contributed by atoms with E-state index >= 15 is 0 Å². The summed E-state index contributed by atoms with van der Waals surface area (Å²) in [7, 11) is 0. The number of aromatic nitrogens is 3. The van der Waals surface area contributed by atoms with Crippen LogP contribution < -0.4 is 5.32 Å². The van der Waals surface area contributed by atoms with Gasteiger partial charge in [0.1, 0.15) is 5.82 Å². The van der Waals surface area contributed by atoms with Crippen molar-refractivity contribution in [1.29, 1.82) is 0 Å². The summed E-state index contributed by atoms with van der Waals surface area (Å²) < 4.78 is 0. The number of nitrogens with one attached hydrogen (secondary N) is 2. The van der Waals surface area contributed by atoms with Crippen LogP contribution in [0, 0.1) is 5.92 Å². The van der Waals surface area contributed by atoms with Gasteiger partial charge >= 0.3 is 0 Å². The topological polar surface area (TPSA) is 73.9 Å². The molecule has 0 unspecified atom stereocenters. The first-order valence-corrected chi connectivity index (χ1v) is 7.53. The minimum Gasteiger partial charge on any atom is -0.349 e. The Morgan fingerprint density at radius 3 is 2.70 bits per heavy atom. The predicted molar refractivity (Wildman–Crippen MR) is 77.6 cm³/mol. The standard InChI is InChI=1S/C14H25N5O/c1-4-19-7-5-11(6-8-19)9-15-14(20)13-16-12(10(2)3)17-18-13/h10-11H,4-9H2,1-3H3,(H,15,20)(H,16,17,18). The SMILES string of the molecule is CCN1CCC(CNC(=O)c2n[nH]c(C(C)C)n2)CC1. The molecule has 0 saturated carbocycles. The van der Waals surface area contributed by atoms with Crippen molar-refractivity contribution in [1.82, 2.24) is 25.4 Å². The number of carbonyl (C=O) groups is 1. The van der Waals surface area contributed by atoms with Gasteiger partial charge in [-0.2, -0.15) is 0 Å². The average Bonchev–Trinajstić information content (AvgIpc) is 2.95. The molecule has 1 amide bonds. The van der Waals surface area contributed by atoms with Gasteiger partial charge in [0, 0.05) is 12.5 Å². The Labute approximate surface area is 120 Å². The van der Waals surface area contributed by atoms with Gasteiger partial charge in [0.15, 0.2) is 0 Å². The molecule has 2 heterocycles. The fraction of sp³-hybridized carbons (Fsp3) is 0.786. The van der Waals surface area contributed by atoms with Gasteiger partial charge in [-0.25, -0.2) is 4.98 Å². The van der Waals surface area contributed by atoms with Gasteiger partial charge in [-0.15, -0.1) is 5.10 Å². The molecule has 1 aliphatic rings. The molecular weight excluding hydrogens is 254 g/mol. The number of H-pyrrole nitrogens is 1. The quantitative estimate of drug-likeness (QED) is 0.854. The van der Waals surface area contributed by atoms with Gasteiger partial charge in [0.05, 0.1) is 0 Å². The van der Waals surface area contributed by atoms with Crippen molar-refractivity contribution < 1.29 is 4.79 Å². The Balaban J connectivity index is 1.77. The van der Waals surface area contributed by atoms with E-state index in [0.717, 1.165) is 44.8 Å². The van der Waals surface area contributed by atoms with E-state index in [0.29, 0.717) is 5.92 Å². The van der Waals surface area contributed by atoms with Crippen molar-refractivity contribution in [2.75, 3.05) is 26.2 Å². The molecule has 1 fully saturated rings. The summed E-state index contributed by atoms with van der Waals surface area (Å²) in [6.07, 6.45) is 2.30. The fourth-order valence-corrected chi connectivity index (χ4v) is 2.46. The largest absolute Gasteiger partial charge is 0.349 e. The van der Waals surface area contributed by atoms with E-state index in [4.69, 9.17) is 0 Å². The molecule has 0 spiro atoms. The van der Waals surface area contributed by atoms with Crippen LogP contribution in [0.15, 0.2) is 0 Å². The molecule has 1 aliphatic heterocycles. The Bertz CT molecular complexity index is 435. The molecule has 2 N–H and O–H groups in total. The fourth-order valence-electron chi connectivity index (χ4n) is 2.46. The van der Waals surface area contributed by atoms with Crippen molar-refractivity contribution in [2.45, 2.75) is 39.5 Å². The maximum Gasteiger partial charge on any atom is 0.290 e. The second kappa shape index (κ2) is 6.83. The maximum atomic E-state index is 12.0. The number of amides is 1. The third kappa shape index (κ3) is 3.79. The Hall–Kier alpha value is -1.43. The summed E-state index contributed by atoms with van der Waals surface area (Å²) in [5.41, 5.74) is 0. The van der Waals surface area contributed by atoms with Crippen molar-refractivity contribution in [2.24, 2.45) is 5.92 Å². The van der Waals surface area contributed by atoms with Crippen molar-refractivity contribution >= 4 is 5.91 Å². The van der Waals surface area contributed by atoms with Gasteiger partial charge in [-0.1, -0.05) is 20.8 Å². The molecule has 1 aromatic heterocycles. The highest BCUT2D eigenvalue weighted by Gasteiger charge is 2.20. The average molecular weight is 279 g/mol. The summed E-state index contributed by atoms with van der Waals surface area (Å²) in [4.78, 5) is 18.6. The highest BCUT2D eigenvalue weighted by atomic mass is 16.2. The van der Waals surface area contributed by atoms with Crippen LogP contribution in [-0.4, -0.2) is 52.2 Å². The molecule has 0 atom stereocenters. The van der Waals surface area contributed by atoms with Crippen LogP contribution in [0.5, 0.6) is 0 Å². The molecule has 112 valence electrons. The number of hydrogen-bond donors (Lipinski definition) is 2. The normalized spacial score (nSPS) is 17.6. The van der Waals surface area contributed by atoms with Crippen LogP contribution in [-0.2, 0) is 0 Å². The molecule has 0 radical (unpaired) electrons. The van der Waals surface area contributed by atoms with Crippen LogP contribution in [0.4, 0.5) is 0 Å². The molecule has 1 aromatic rings. The molecule has 0 bridgehead atoms. The summed E-state index contributed by atoms with van der Waals surface area (Å²) in [5, 5.41) is 9.73. The monoisotopic (exact) mass is 279 g/mol. The predicted octanol–water partition coefficient (Wildman–Crippen LogP) is 1.39. The lowest BCUT2D eigenvalue weighted by Gasteiger charge is -2.30. The van der Waals surface area contributed by atoms with Gasteiger partial charge in [0.2, 0.25) is 5.82 Å². The van der Waals surface area contributed by atoms with Crippen LogP contribution in [0.3, 0.4) is 0 Å². The van der Waals surface area contributed by atoms with Crippen molar-refractivity contribution in [3.8, 4) is 0 Å². The van der Waals surface area contributed by atoms with Gasteiger partial charge < -0.3 is 10.2 Å². The molecule has 2 rings (SSSR count). The van der Waals surface area contributed by atoms with Crippen molar-refractivity contribution in [3.63, 3.8) is 0 Å². The molecule has 0 aliphatic carbocycles. The van der Waals surface area contributed by atoms with E-state index in [1.165, 1.54) is 0 Å². The number of piperidine rings is 1. The number of nitrogens with zero attached hydrogens (tertiary/aromatic N) is 3. The zero-order valence-corrected chi connectivity index (χ0v) is 12.6. The number of likely N-dealkylation sites (tertiary alicyclic amines) is 1. The lowest BCUT2D eigenvalue weighted by molar-refractivity contribution is 0.0927. The van der Waals surface area contributed by atoms with E-state index in [2.05, 4.69) is 32.3 Å². The summed E-state index contributed by atoms with van der Waals surface area (Å²) >= 11 is 0. The molecule has 0 aromatic carbocycles. The number of carbonyl (C=O) groups excluding carboxylic acids is 1. The summed E-state index contributed by atoms with van der Waals surface area (Å²) in [6, 6.07) is 0. The van der Waals surface area contributed by atoms with Crippen LogP contribution in [0.1, 0.15) is 56.0 Å². The Morgan fingerprint density at radius 2 is 2.15 bits per heavy atom. The number of hydrogen-bond acceptors (Lipinski definition) is 4. The lowest BCUT2D eigenvalue weighted by atomic mass is 9.97. The lowest BCUT2D eigenvalue weighted by Crippen LogP contribution is -2.38. The first-order chi connectivity index (χ1) is 9.60. The van der Waals surface area contributed by atoms with Gasteiger partial charge in [0.25, 0.3) is 5.91 Å².